The smallest absolute Gasteiger partial charge is 0.165 e. The zero-order chi connectivity index (χ0) is 9.42. The Labute approximate surface area is 75.6 Å². The van der Waals surface area contributed by atoms with Crippen LogP contribution in [-0.4, -0.2) is 6.10 Å². The summed E-state index contributed by atoms with van der Waals surface area (Å²) in [6.07, 6.45) is 0.592. The zero-order valence-corrected chi connectivity index (χ0v) is 7.17. The van der Waals surface area contributed by atoms with Gasteiger partial charge in [0, 0.05) is 12.0 Å². The van der Waals surface area contributed by atoms with Crippen LogP contribution in [-0.2, 0) is 6.42 Å². The van der Waals surface area contributed by atoms with Gasteiger partial charge in [0.05, 0.1) is 11.6 Å². The number of ether oxygens (including phenoxy) is 1. The van der Waals surface area contributed by atoms with Gasteiger partial charge in [-0.15, -0.1) is 0 Å². The van der Waals surface area contributed by atoms with Crippen molar-refractivity contribution in [3.05, 3.63) is 29.1 Å². The summed E-state index contributed by atoms with van der Waals surface area (Å²) >= 11 is 0. The van der Waals surface area contributed by atoms with E-state index in [1.54, 1.807) is 0 Å². The number of nitrogens with zero attached hydrogens (tertiary/aromatic N) is 1. The molecule has 3 heteroatoms. The van der Waals surface area contributed by atoms with Crippen LogP contribution in [0.25, 0.3) is 0 Å². The molecule has 2 rings (SSSR count). The van der Waals surface area contributed by atoms with Crippen molar-refractivity contribution >= 4 is 0 Å². The molecule has 66 valence electrons. The minimum Gasteiger partial charge on any atom is -0.487 e. The highest BCUT2D eigenvalue weighted by atomic mass is 19.1. The van der Waals surface area contributed by atoms with Crippen LogP contribution in [0, 0.1) is 17.1 Å². The van der Waals surface area contributed by atoms with Gasteiger partial charge in [0.2, 0.25) is 0 Å². The predicted molar refractivity (Wildman–Crippen MR) is 44.9 cm³/mol. The van der Waals surface area contributed by atoms with Crippen LogP contribution in [0.2, 0.25) is 0 Å². The van der Waals surface area contributed by atoms with Crippen LogP contribution in [0.5, 0.6) is 5.75 Å². The molecule has 0 fully saturated rings. The van der Waals surface area contributed by atoms with E-state index in [-0.39, 0.29) is 17.7 Å². The normalized spacial score (nSPS) is 19.0. The van der Waals surface area contributed by atoms with Crippen LogP contribution in [0.3, 0.4) is 0 Å². The van der Waals surface area contributed by atoms with Gasteiger partial charge in [0.1, 0.15) is 6.10 Å². The number of hydrogen-bond donors (Lipinski definition) is 0. The molecule has 1 aliphatic rings. The number of benzene rings is 1. The molecule has 1 aromatic carbocycles. The van der Waals surface area contributed by atoms with Gasteiger partial charge in [-0.3, -0.25) is 0 Å². The Balaban J connectivity index is 2.60. The molecule has 1 aromatic rings. The molecule has 0 spiro atoms. The third kappa shape index (κ3) is 1.15. The molecular formula is C10H8FNO. The molecule has 0 saturated heterocycles. The van der Waals surface area contributed by atoms with E-state index >= 15 is 0 Å². The maximum atomic E-state index is 13.1. The molecule has 0 aliphatic carbocycles. The van der Waals surface area contributed by atoms with E-state index in [1.807, 2.05) is 13.0 Å². The lowest BCUT2D eigenvalue weighted by Crippen LogP contribution is -2.05. The van der Waals surface area contributed by atoms with Gasteiger partial charge in [0.15, 0.2) is 11.6 Å². The van der Waals surface area contributed by atoms with E-state index in [0.29, 0.717) is 17.5 Å². The highest BCUT2D eigenvalue weighted by molar-refractivity contribution is 5.49. The molecule has 0 amide bonds. The Kier molecular flexibility index (Phi) is 1.70. The molecule has 1 heterocycles. The van der Waals surface area contributed by atoms with E-state index in [9.17, 15) is 4.39 Å². The molecule has 2 nitrogen and oxygen atoms in total. The maximum Gasteiger partial charge on any atom is 0.165 e. The summed E-state index contributed by atoms with van der Waals surface area (Å²) in [5, 5.41) is 8.75. The van der Waals surface area contributed by atoms with Gasteiger partial charge in [-0.25, -0.2) is 4.39 Å². The summed E-state index contributed by atoms with van der Waals surface area (Å²) < 4.78 is 18.4. The van der Waals surface area contributed by atoms with Crippen molar-refractivity contribution < 1.29 is 9.13 Å². The van der Waals surface area contributed by atoms with Gasteiger partial charge in [-0.05, 0) is 19.1 Å². The third-order valence-electron chi connectivity index (χ3n) is 2.14. The number of hydrogen-bond acceptors (Lipinski definition) is 2. The quantitative estimate of drug-likeness (QED) is 0.607. The van der Waals surface area contributed by atoms with Crippen molar-refractivity contribution in [3.8, 4) is 11.8 Å². The summed E-state index contributed by atoms with van der Waals surface area (Å²) in [5.74, 6) is -0.120. The highest BCUT2D eigenvalue weighted by Gasteiger charge is 2.25. The second-order valence-corrected chi connectivity index (χ2v) is 3.15. The Morgan fingerprint density at radius 2 is 2.38 bits per heavy atom. The third-order valence-corrected chi connectivity index (χ3v) is 2.14. The summed E-state index contributed by atoms with van der Waals surface area (Å²) in [6.45, 7) is 1.86. The first-order valence-corrected chi connectivity index (χ1v) is 4.10. The average Bonchev–Trinajstić information content (AvgIpc) is 2.48. The Morgan fingerprint density at radius 1 is 1.62 bits per heavy atom. The SMILES string of the molecule is CC1Cc2c(C#N)ccc(F)c2O1. The molecule has 0 radical (unpaired) electrons. The highest BCUT2D eigenvalue weighted by Crippen LogP contribution is 2.33. The zero-order valence-electron chi connectivity index (χ0n) is 7.17. The van der Waals surface area contributed by atoms with E-state index in [2.05, 4.69) is 0 Å². The second-order valence-electron chi connectivity index (χ2n) is 3.15. The van der Waals surface area contributed by atoms with Crippen molar-refractivity contribution in [2.75, 3.05) is 0 Å². The molecule has 1 aliphatic heterocycles. The first kappa shape index (κ1) is 8.06. The van der Waals surface area contributed by atoms with Crippen LogP contribution >= 0.6 is 0 Å². The van der Waals surface area contributed by atoms with E-state index < -0.39 is 0 Å². The molecule has 1 unspecified atom stereocenters. The van der Waals surface area contributed by atoms with Crippen LogP contribution in [0.15, 0.2) is 12.1 Å². The fourth-order valence-corrected chi connectivity index (χ4v) is 1.56. The summed E-state index contributed by atoms with van der Waals surface area (Å²) in [4.78, 5) is 0. The number of rotatable bonds is 0. The van der Waals surface area contributed by atoms with Crippen molar-refractivity contribution in [2.45, 2.75) is 19.4 Å². The molecule has 0 saturated carbocycles. The lowest BCUT2D eigenvalue weighted by molar-refractivity contribution is 0.245. The van der Waals surface area contributed by atoms with Gasteiger partial charge >= 0.3 is 0 Å². The van der Waals surface area contributed by atoms with E-state index in [0.717, 1.165) is 0 Å². The fourth-order valence-electron chi connectivity index (χ4n) is 1.56. The van der Waals surface area contributed by atoms with Crippen LogP contribution < -0.4 is 4.74 Å². The maximum absolute atomic E-state index is 13.1. The largest absolute Gasteiger partial charge is 0.487 e. The molecule has 0 aromatic heterocycles. The minimum absolute atomic E-state index is 0.0287. The molecule has 0 bridgehead atoms. The lowest BCUT2D eigenvalue weighted by Gasteiger charge is -2.02. The van der Waals surface area contributed by atoms with Crippen molar-refractivity contribution in [1.29, 1.82) is 5.26 Å². The van der Waals surface area contributed by atoms with E-state index in [1.165, 1.54) is 12.1 Å². The van der Waals surface area contributed by atoms with Gasteiger partial charge in [-0.2, -0.15) is 5.26 Å². The van der Waals surface area contributed by atoms with Crippen molar-refractivity contribution in [1.82, 2.24) is 0 Å². The Morgan fingerprint density at radius 3 is 3.08 bits per heavy atom. The first-order chi connectivity index (χ1) is 6.22. The van der Waals surface area contributed by atoms with Crippen LogP contribution in [0.1, 0.15) is 18.1 Å². The predicted octanol–water partition coefficient (Wildman–Crippen LogP) is 2.02. The number of nitriles is 1. The summed E-state index contributed by atoms with van der Waals surface area (Å²) in [6, 6.07) is 4.80. The number of halogens is 1. The topological polar surface area (TPSA) is 33.0 Å². The molecule has 13 heavy (non-hydrogen) atoms. The van der Waals surface area contributed by atoms with E-state index in [4.69, 9.17) is 10.00 Å². The van der Waals surface area contributed by atoms with Crippen molar-refractivity contribution in [3.63, 3.8) is 0 Å². The van der Waals surface area contributed by atoms with Crippen LogP contribution in [0.4, 0.5) is 4.39 Å². The standard InChI is InChI=1S/C10H8FNO/c1-6-4-8-7(5-12)2-3-9(11)10(8)13-6/h2-3,6H,4H2,1H3. The Hall–Kier alpha value is -1.56. The average molecular weight is 177 g/mol. The second kappa shape index (κ2) is 2.74. The summed E-state index contributed by atoms with van der Waals surface area (Å²) in [7, 11) is 0. The monoisotopic (exact) mass is 177 g/mol. The van der Waals surface area contributed by atoms with Gasteiger partial charge in [0.25, 0.3) is 0 Å². The van der Waals surface area contributed by atoms with Gasteiger partial charge in [-0.1, -0.05) is 0 Å². The lowest BCUT2D eigenvalue weighted by atomic mass is 10.0. The van der Waals surface area contributed by atoms with Crippen molar-refractivity contribution in [2.24, 2.45) is 0 Å². The number of fused-ring (bicyclic) bond motifs is 1. The Bertz CT molecular complexity index is 395. The fraction of sp³-hybridized carbons (Fsp3) is 0.300. The summed E-state index contributed by atoms with van der Waals surface area (Å²) in [5.41, 5.74) is 1.22. The minimum atomic E-state index is -0.377. The molecule has 0 N–H and O–H groups in total. The first-order valence-electron chi connectivity index (χ1n) is 4.10. The van der Waals surface area contributed by atoms with Gasteiger partial charge < -0.3 is 4.74 Å². The molecule has 1 atom stereocenters. The molecular weight excluding hydrogens is 169 g/mol.